The highest BCUT2D eigenvalue weighted by molar-refractivity contribution is 5.96. The maximum absolute atomic E-state index is 13.0. The first-order chi connectivity index (χ1) is 20.7. The molecule has 0 N–H and O–H groups in total. The second kappa shape index (κ2) is 15.7. The number of fused-ring (bicyclic) bond motifs is 1. The van der Waals surface area contributed by atoms with Gasteiger partial charge >= 0.3 is 12.1 Å². The highest BCUT2D eigenvalue weighted by Crippen LogP contribution is 2.32. The van der Waals surface area contributed by atoms with Crippen LogP contribution in [-0.2, 0) is 35.3 Å². The Kier molecular flexibility index (Phi) is 11.7. The summed E-state index contributed by atoms with van der Waals surface area (Å²) in [6.07, 6.45) is 7.62. The second-order valence-electron chi connectivity index (χ2n) is 11.0. The Morgan fingerprint density at radius 2 is 1.49 bits per heavy atom. The van der Waals surface area contributed by atoms with Crippen molar-refractivity contribution in [3.05, 3.63) is 83.2 Å². The van der Waals surface area contributed by atoms with Crippen molar-refractivity contribution in [3.8, 4) is 11.5 Å². The molecule has 4 aromatic rings. The quantitative estimate of drug-likeness (QED) is 0.0949. The SMILES string of the molecule is CCCCCCCCCCCc1noc(-c2ccc(CN(Cc3ccc(C(F)(F)F)cc3)OC(C)=O)c3ccccc23)n1. The van der Waals surface area contributed by atoms with Crippen molar-refractivity contribution < 1.29 is 27.3 Å². The molecule has 0 atom stereocenters. The minimum Gasteiger partial charge on any atom is -0.368 e. The van der Waals surface area contributed by atoms with E-state index in [0.29, 0.717) is 17.3 Å². The molecule has 4 rings (SSSR count). The molecule has 0 aliphatic carbocycles. The topological polar surface area (TPSA) is 68.5 Å². The van der Waals surface area contributed by atoms with Gasteiger partial charge in [0.1, 0.15) is 0 Å². The number of aryl methyl sites for hydroxylation is 1. The van der Waals surface area contributed by atoms with Gasteiger partial charge in [-0.2, -0.15) is 18.2 Å². The molecule has 0 unspecified atom stereocenters. The van der Waals surface area contributed by atoms with Crippen molar-refractivity contribution in [1.29, 1.82) is 0 Å². The van der Waals surface area contributed by atoms with Crippen LogP contribution < -0.4 is 0 Å². The summed E-state index contributed by atoms with van der Waals surface area (Å²) < 4.78 is 44.6. The van der Waals surface area contributed by atoms with E-state index >= 15 is 0 Å². The third-order valence-electron chi connectivity index (χ3n) is 7.46. The van der Waals surface area contributed by atoms with Crippen LogP contribution in [0.5, 0.6) is 0 Å². The number of halogens is 3. The number of unbranched alkanes of at least 4 members (excludes halogenated alkanes) is 8. The Morgan fingerprint density at radius 1 is 0.837 bits per heavy atom. The van der Waals surface area contributed by atoms with Crippen molar-refractivity contribution in [2.24, 2.45) is 0 Å². The van der Waals surface area contributed by atoms with Gasteiger partial charge in [0.2, 0.25) is 0 Å². The number of hydrogen-bond acceptors (Lipinski definition) is 6. The number of rotatable bonds is 16. The van der Waals surface area contributed by atoms with E-state index in [1.165, 1.54) is 69.1 Å². The number of aromatic nitrogens is 2. The molecule has 0 aliphatic heterocycles. The number of carbonyl (C=O) groups excluding carboxylic acids is 1. The van der Waals surface area contributed by atoms with E-state index in [9.17, 15) is 18.0 Å². The van der Waals surface area contributed by atoms with Gasteiger partial charge in [0.05, 0.1) is 18.7 Å². The molecule has 230 valence electrons. The van der Waals surface area contributed by atoms with Crippen LogP contribution in [0.25, 0.3) is 22.2 Å². The maximum atomic E-state index is 13.0. The summed E-state index contributed by atoms with van der Waals surface area (Å²) in [4.78, 5) is 22.0. The molecule has 0 radical (unpaired) electrons. The summed E-state index contributed by atoms with van der Waals surface area (Å²) in [6.45, 7) is 3.89. The first-order valence-corrected chi connectivity index (χ1v) is 15.2. The minimum absolute atomic E-state index is 0.125. The van der Waals surface area contributed by atoms with Crippen molar-refractivity contribution in [1.82, 2.24) is 15.2 Å². The Labute approximate surface area is 251 Å². The summed E-state index contributed by atoms with van der Waals surface area (Å²) in [5.41, 5.74) is 1.55. The van der Waals surface area contributed by atoms with Crippen molar-refractivity contribution in [2.45, 2.75) is 97.3 Å². The molecule has 1 aromatic heterocycles. The van der Waals surface area contributed by atoms with Crippen molar-refractivity contribution >= 4 is 16.7 Å². The molecule has 0 saturated heterocycles. The highest BCUT2D eigenvalue weighted by Gasteiger charge is 2.30. The predicted octanol–water partition coefficient (Wildman–Crippen LogP) is 9.46. The molecule has 1 heterocycles. The Hall–Kier alpha value is -3.72. The number of hydroxylamine groups is 2. The standard InChI is InChI=1S/C34H40F3N3O3/c1-3-4-5-6-7-8-9-10-11-16-32-38-33(42-39-32)31-22-19-27(29-14-12-13-15-30(29)31)24-40(43-25(2)41)23-26-17-20-28(21-18-26)34(35,36)37/h12-15,17-22H,3-11,16,23-24H2,1-2H3. The normalized spacial score (nSPS) is 11.9. The van der Waals surface area contributed by atoms with Gasteiger partial charge in [-0.25, -0.2) is 0 Å². The number of hydrogen-bond donors (Lipinski definition) is 0. The molecule has 0 aliphatic rings. The number of benzene rings is 3. The van der Waals surface area contributed by atoms with Gasteiger partial charge < -0.3 is 9.36 Å². The van der Waals surface area contributed by atoms with E-state index in [4.69, 9.17) is 9.36 Å². The Balaban J connectivity index is 1.42. The van der Waals surface area contributed by atoms with Crippen LogP contribution >= 0.6 is 0 Å². The lowest BCUT2D eigenvalue weighted by Crippen LogP contribution is -2.25. The lowest BCUT2D eigenvalue weighted by Gasteiger charge is -2.22. The first-order valence-electron chi connectivity index (χ1n) is 15.2. The van der Waals surface area contributed by atoms with Gasteiger partial charge in [0.25, 0.3) is 5.89 Å². The van der Waals surface area contributed by atoms with E-state index in [1.807, 2.05) is 36.4 Å². The smallest absolute Gasteiger partial charge is 0.368 e. The van der Waals surface area contributed by atoms with Crippen molar-refractivity contribution in [3.63, 3.8) is 0 Å². The summed E-state index contributed by atoms with van der Waals surface area (Å²) in [5, 5.41) is 7.50. The summed E-state index contributed by atoms with van der Waals surface area (Å²) >= 11 is 0. The molecule has 0 saturated carbocycles. The number of carbonyl (C=O) groups is 1. The van der Waals surface area contributed by atoms with Gasteiger partial charge in [-0.05, 0) is 46.5 Å². The Bertz CT molecular complexity index is 1450. The van der Waals surface area contributed by atoms with E-state index in [0.717, 1.165) is 53.3 Å². The van der Waals surface area contributed by atoms with Gasteiger partial charge in [-0.15, -0.1) is 5.06 Å². The second-order valence-corrected chi connectivity index (χ2v) is 11.0. The average molecular weight is 596 g/mol. The van der Waals surface area contributed by atoms with Crippen molar-refractivity contribution in [2.75, 3.05) is 0 Å². The molecular weight excluding hydrogens is 555 g/mol. The van der Waals surface area contributed by atoms with E-state index < -0.39 is 17.7 Å². The predicted molar refractivity (Wildman–Crippen MR) is 161 cm³/mol. The molecule has 0 fully saturated rings. The highest BCUT2D eigenvalue weighted by atomic mass is 19.4. The molecule has 6 nitrogen and oxygen atoms in total. The third-order valence-corrected chi connectivity index (χ3v) is 7.46. The van der Waals surface area contributed by atoms with Crippen LogP contribution in [0.3, 0.4) is 0 Å². The van der Waals surface area contributed by atoms with Crippen LogP contribution in [0.4, 0.5) is 13.2 Å². The third kappa shape index (κ3) is 9.64. The van der Waals surface area contributed by atoms with E-state index in [1.54, 1.807) is 0 Å². The molecule has 43 heavy (non-hydrogen) atoms. The van der Waals surface area contributed by atoms with E-state index in [2.05, 4.69) is 17.1 Å². The number of alkyl halides is 3. The fourth-order valence-electron chi connectivity index (χ4n) is 5.24. The molecule has 9 heteroatoms. The summed E-state index contributed by atoms with van der Waals surface area (Å²) in [5.74, 6) is 0.636. The summed E-state index contributed by atoms with van der Waals surface area (Å²) in [6, 6.07) is 16.5. The van der Waals surface area contributed by atoms with Crippen LogP contribution in [0.15, 0.2) is 65.2 Å². The molecule has 0 amide bonds. The minimum atomic E-state index is -4.42. The molecule has 3 aromatic carbocycles. The fraction of sp³-hybridized carbons (Fsp3) is 0.441. The zero-order chi connectivity index (χ0) is 30.7. The monoisotopic (exact) mass is 595 g/mol. The van der Waals surface area contributed by atoms with Crippen LogP contribution in [-0.4, -0.2) is 21.2 Å². The largest absolute Gasteiger partial charge is 0.416 e. The zero-order valence-corrected chi connectivity index (χ0v) is 25.0. The zero-order valence-electron chi connectivity index (χ0n) is 25.0. The van der Waals surface area contributed by atoms with Crippen LogP contribution in [0.1, 0.15) is 94.1 Å². The maximum Gasteiger partial charge on any atom is 0.416 e. The summed E-state index contributed by atoms with van der Waals surface area (Å²) in [7, 11) is 0. The lowest BCUT2D eigenvalue weighted by molar-refractivity contribution is -0.194. The molecule has 0 spiro atoms. The van der Waals surface area contributed by atoms with Crippen LogP contribution in [0.2, 0.25) is 0 Å². The fourth-order valence-corrected chi connectivity index (χ4v) is 5.24. The number of nitrogens with zero attached hydrogens (tertiary/aromatic N) is 3. The molecule has 0 bridgehead atoms. The van der Waals surface area contributed by atoms with Crippen LogP contribution in [0, 0.1) is 0 Å². The van der Waals surface area contributed by atoms with Gasteiger partial charge in [-0.3, -0.25) is 4.79 Å². The van der Waals surface area contributed by atoms with Gasteiger partial charge in [0, 0.05) is 18.9 Å². The first kappa shape index (κ1) is 32.2. The Morgan fingerprint density at radius 3 is 2.14 bits per heavy atom. The molecular formula is C34H40F3N3O3. The van der Waals surface area contributed by atoms with E-state index in [-0.39, 0.29) is 13.1 Å². The van der Waals surface area contributed by atoms with Gasteiger partial charge in [-0.1, -0.05) is 106 Å². The van der Waals surface area contributed by atoms with Gasteiger partial charge in [0.15, 0.2) is 5.82 Å². The lowest BCUT2D eigenvalue weighted by atomic mass is 9.99. The average Bonchev–Trinajstić information content (AvgIpc) is 3.44.